The second-order valence-corrected chi connectivity index (χ2v) is 8.66. The van der Waals surface area contributed by atoms with Gasteiger partial charge in [-0.1, -0.05) is 12.1 Å². The second kappa shape index (κ2) is 9.94. The molecule has 166 valence electrons. The number of amides is 2. The largest absolute Gasteiger partial charge is 0.360 e. The van der Waals surface area contributed by atoms with Gasteiger partial charge in [0, 0.05) is 13.1 Å². The summed E-state index contributed by atoms with van der Waals surface area (Å²) in [5, 5.41) is 4.75. The van der Waals surface area contributed by atoms with Crippen LogP contribution in [0.15, 0.2) is 53.4 Å². The first-order valence-corrected chi connectivity index (χ1v) is 10.9. The number of carbonyl (C=O) groups excluding carboxylic acids is 2. The van der Waals surface area contributed by atoms with Crippen LogP contribution in [0, 0.1) is 11.6 Å². The van der Waals surface area contributed by atoms with Gasteiger partial charge in [0.2, 0.25) is 10.0 Å². The van der Waals surface area contributed by atoms with Crippen LogP contribution < -0.4 is 10.6 Å². The van der Waals surface area contributed by atoms with E-state index in [2.05, 4.69) is 10.6 Å². The molecule has 1 atom stereocenters. The van der Waals surface area contributed by atoms with E-state index in [1.165, 1.54) is 24.3 Å². The quantitative estimate of drug-likeness (QED) is 0.639. The molecule has 3 rings (SSSR count). The highest BCUT2D eigenvalue weighted by Crippen LogP contribution is 2.22. The summed E-state index contributed by atoms with van der Waals surface area (Å²) >= 11 is 0. The normalized spacial score (nSPS) is 17.2. The van der Waals surface area contributed by atoms with Crippen molar-refractivity contribution < 1.29 is 31.5 Å². The molecule has 1 heterocycles. The molecule has 0 saturated carbocycles. The predicted octanol–water partition coefficient (Wildman–Crippen LogP) is 1.13. The molecule has 0 radical (unpaired) electrons. The summed E-state index contributed by atoms with van der Waals surface area (Å²) in [6.07, 6.45) is -0.569. The van der Waals surface area contributed by atoms with Crippen molar-refractivity contribution in [1.29, 1.82) is 0 Å². The minimum atomic E-state index is -3.99. The molecule has 0 aromatic heterocycles. The third-order valence-electron chi connectivity index (χ3n) is 4.58. The summed E-state index contributed by atoms with van der Waals surface area (Å²) in [5.41, 5.74) is 0.606. The Bertz CT molecular complexity index is 1030. The maximum atomic E-state index is 13.1. The summed E-state index contributed by atoms with van der Waals surface area (Å²) in [7, 11) is -3.99. The Kier molecular flexibility index (Phi) is 7.31. The van der Waals surface area contributed by atoms with Crippen molar-refractivity contribution in [1.82, 2.24) is 14.9 Å². The predicted molar refractivity (Wildman–Crippen MR) is 106 cm³/mol. The molecule has 31 heavy (non-hydrogen) atoms. The average Bonchev–Trinajstić information content (AvgIpc) is 2.77. The molecule has 0 unspecified atom stereocenters. The summed E-state index contributed by atoms with van der Waals surface area (Å²) in [6.45, 7) is 0.213. The number of rotatable bonds is 6. The summed E-state index contributed by atoms with van der Waals surface area (Å²) in [4.78, 5) is 24.0. The standard InChI is InChI=1S/C20H21F2N3O5S/c21-15-4-2-14(3-5-15)12-23-19(26)20(27)24-13-18-25(10-1-11-30-18)31(28,29)17-8-6-16(22)7-9-17/h2-9,18H,1,10-13H2,(H,23,26)(H,24,27)/t18-/m0/s1. The van der Waals surface area contributed by atoms with E-state index < -0.39 is 39.7 Å². The highest BCUT2D eigenvalue weighted by atomic mass is 32.2. The van der Waals surface area contributed by atoms with E-state index in [0.29, 0.717) is 12.0 Å². The zero-order chi connectivity index (χ0) is 22.4. The Hall–Kier alpha value is -2.89. The second-order valence-electron chi connectivity index (χ2n) is 6.77. The minimum Gasteiger partial charge on any atom is -0.360 e. The third kappa shape index (κ3) is 5.84. The highest BCUT2D eigenvalue weighted by Gasteiger charge is 2.35. The van der Waals surface area contributed by atoms with Gasteiger partial charge in [-0.25, -0.2) is 17.2 Å². The SMILES string of the molecule is O=C(NCc1ccc(F)cc1)C(=O)NC[C@@H]1OCCCN1S(=O)(=O)c1ccc(F)cc1. The van der Waals surface area contributed by atoms with Crippen molar-refractivity contribution >= 4 is 21.8 Å². The molecule has 2 aromatic rings. The van der Waals surface area contributed by atoms with Gasteiger partial charge in [-0.05, 0) is 48.4 Å². The Morgan fingerprint density at radius 1 is 0.968 bits per heavy atom. The number of nitrogens with zero attached hydrogens (tertiary/aromatic N) is 1. The maximum absolute atomic E-state index is 13.1. The molecule has 2 aromatic carbocycles. The molecule has 0 bridgehead atoms. The maximum Gasteiger partial charge on any atom is 0.309 e. The fourth-order valence-corrected chi connectivity index (χ4v) is 4.53. The van der Waals surface area contributed by atoms with Crippen molar-refractivity contribution in [3.63, 3.8) is 0 Å². The molecule has 0 aliphatic carbocycles. The van der Waals surface area contributed by atoms with Gasteiger partial charge in [0.05, 0.1) is 18.0 Å². The zero-order valence-corrected chi connectivity index (χ0v) is 17.2. The minimum absolute atomic E-state index is 0.0253. The number of ether oxygens (including phenoxy) is 1. The Morgan fingerprint density at radius 3 is 2.19 bits per heavy atom. The molecule has 1 saturated heterocycles. The lowest BCUT2D eigenvalue weighted by Gasteiger charge is -2.34. The van der Waals surface area contributed by atoms with Gasteiger partial charge >= 0.3 is 11.8 Å². The Balaban J connectivity index is 1.58. The molecular formula is C20H21F2N3O5S. The van der Waals surface area contributed by atoms with Crippen LogP contribution in [0.2, 0.25) is 0 Å². The zero-order valence-electron chi connectivity index (χ0n) is 16.4. The van der Waals surface area contributed by atoms with Crippen molar-refractivity contribution in [3.8, 4) is 0 Å². The molecular weight excluding hydrogens is 432 g/mol. The Morgan fingerprint density at radius 2 is 1.55 bits per heavy atom. The lowest BCUT2D eigenvalue weighted by atomic mass is 10.2. The van der Waals surface area contributed by atoms with Crippen LogP contribution in [0.4, 0.5) is 8.78 Å². The van der Waals surface area contributed by atoms with E-state index in [0.717, 1.165) is 28.6 Å². The molecule has 1 fully saturated rings. The van der Waals surface area contributed by atoms with Gasteiger partial charge in [-0.2, -0.15) is 4.31 Å². The lowest BCUT2D eigenvalue weighted by Crippen LogP contribution is -2.53. The molecule has 11 heteroatoms. The van der Waals surface area contributed by atoms with Crippen LogP contribution in [0.3, 0.4) is 0 Å². The Labute approximate surface area is 178 Å². The van der Waals surface area contributed by atoms with Crippen molar-refractivity contribution in [2.75, 3.05) is 19.7 Å². The molecule has 1 aliphatic heterocycles. The number of halogens is 2. The van der Waals surface area contributed by atoms with Crippen molar-refractivity contribution in [2.24, 2.45) is 0 Å². The van der Waals surface area contributed by atoms with Gasteiger partial charge in [0.25, 0.3) is 0 Å². The molecule has 2 N–H and O–H groups in total. The van der Waals surface area contributed by atoms with E-state index >= 15 is 0 Å². The molecule has 2 amide bonds. The van der Waals surface area contributed by atoms with Gasteiger partial charge < -0.3 is 15.4 Å². The first-order valence-electron chi connectivity index (χ1n) is 9.47. The molecule has 8 nitrogen and oxygen atoms in total. The average molecular weight is 453 g/mol. The van der Waals surface area contributed by atoms with E-state index in [1.54, 1.807) is 0 Å². The summed E-state index contributed by atoms with van der Waals surface area (Å²) in [5.74, 6) is -2.87. The number of carbonyl (C=O) groups is 2. The van der Waals surface area contributed by atoms with Crippen LogP contribution in [0.5, 0.6) is 0 Å². The van der Waals surface area contributed by atoms with Crippen LogP contribution in [0.1, 0.15) is 12.0 Å². The fourth-order valence-electron chi connectivity index (χ4n) is 2.97. The van der Waals surface area contributed by atoms with Crippen LogP contribution in [-0.2, 0) is 30.9 Å². The number of nitrogens with one attached hydrogen (secondary N) is 2. The number of hydrogen-bond donors (Lipinski definition) is 2. The van der Waals surface area contributed by atoms with Gasteiger partial charge in [-0.15, -0.1) is 0 Å². The number of benzene rings is 2. The first-order chi connectivity index (χ1) is 14.8. The van der Waals surface area contributed by atoms with E-state index in [9.17, 15) is 26.8 Å². The first kappa shape index (κ1) is 22.8. The molecule has 0 spiro atoms. The van der Waals surface area contributed by atoms with Crippen LogP contribution in [0.25, 0.3) is 0 Å². The lowest BCUT2D eigenvalue weighted by molar-refractivity contribution is -0.140. The molecule has 1 aliphatic rings. The third-order valence-corrected chi connectivity index (χ3v) is 6.49. The summed E-state index contributed by atoms with van der Waals surface area (Å²) in [6, 6.07) is 9.80. The van der Waals surface area contributed by atoms with E-state index in [-0.39, 0.29) is 31.1 Å². The van der Waals surface area contributed by atoms with Crippen LogP contribution in [-0.4, -0.2) is 50.5 Å². The topological polar surface area (TPSA) is 105 Å². The fraction of sp³-hybridized carbons (Fsp3) is 0.300. The highest BCUT2D eigenvalue weighted by molar-refractivity contribution is 7.89. The van der Waals surface area contributed by atoms with Gasteiger partial charge in [0.15, 0.2) is 0 Å². The van der Waals surface area contributed by atoms with Crippen molar-refractivity contribution in [2.45, 2.75) is 24.1 Å². The van der Waals surface area contributed by atoms with Gasteiger partial charge in [0.1, 0.15) is 17.9 Å². The smallest absolute Gasteiger partial charge is 0.309 e. The number of sulfonamides is 1. The van der Waals surface area contributed by atoms with E-state index in [4.69, 9.17) is 4.74 Å². The number of hydrogen-bond acceptors (Lipinski definition) is 5. The van der Waals surface area contributed by atoms with Crippen molar-refractivity contribution in [3.05, 3.63) is 65.7 Å². The van der Waals surface area contributed by atoms with Crippen LogP contribution >= 0.6 is 0 Å². The van der Waals surface area contributed by atoms with Gasteiger partial charge in [-0.3, -0.25) is 9.59 Å². The summed E-state index contributed by atoms with van der Waals surface area (Å²) < 4.78 is 58.3. The van der Waals surface area contributed by atoms with E-state index in [1.807, 2.05) is 0 Å². The monoisotopic (exact) mass is 453 g/mol.